The van der Waals surface area contributed by atoms with Crippen molar-refractivity contribution in [2.24, 2.45) is 5.73 Å². The smallest absolute Gasteiger partial charge is 0.239 e. The van der Waals surface area contributed by atoms with Crippen molar-refractivity contribution in [3.8, 4) is 0 Å². The summed E-state index contributed by atoms with van der Waals surface area (Å²) in [6, 6.07) is 13.8. The van der Waals surface area contributed by atoms with Crippen LogP contribution >= 0.6 is 12.4 Å². The Balaban J connectivity index is 0.00000288. The number of halogens is 1. The second-order valence-electron chi connectivity index (χ2n) is 6.36. The molecule has 0 aliphatic carbocycles. The number of fused-ring (bicyclic) bond motifs is 1. The summed E-state index contributed by atoms with van der Waals surface area (Å²) < 4.78 is 0. The van der Waals surface area contributed by atoms with Crippen molar-refractivity contribution in [1.29, 1.82) is 0 Å². The van der Waals surface area contributed by atoms with E-state index in [2.05, 4.69) is 10.6 Å². The zero-order chi connectivity index (χ0) is 16.9. The van der Waals surface area contributed by atoms with Gasteiger partial charge in [0.25, 0.3) is 0 Å². The molecule has 0 bridgehead atoms. The predicted octanol–water partition coefficient (Wildman–Crippen LogP) is 1.77. The van der Waals surface area contributed by atoms with E-state index in [0.29, 0.717) is 6.54 Å². The topological polar surface area (TPSA) is 84.2 Å². The van der Waals surface area contributed by atoms with Crippen molar-refractivity contribution in [3.63, 3.8) is 0 Å². The minimum atomic E-state index is -0.470. The highest BCUT2D eigenvalue weighted by Gasteiger charge is 2.13. The first-order valence-electron chi connectivity index (χ1n) is 7.64. The number of hydrogen-bond acceptors (Lipinski definition) is 3. The van der Waals surface area contributed by atoms with E-state index in [0.717, 1.165) is 16.3 Å². The van der Waals surface area contributed by atoms with Crippen LogP contribution in [0.25, 0.3) is 10.8 Å². The molecule has 2 aromatic carbocycles. The van der Waals surface area contributed by atoms with E-state index in [1.54, 1.807) is 0 Å². The molecule has 5 nitrogen and oxygen atoms in total. The highest BCUT2D eigenvalue weighted by atomic mass is 35.5. The van der Waals surface area contributed by atoms with E-state index in [1.807, 2.05) is 56.3 Å². The van der Waals surface area contributed by atoms with Gasteiger partial charge in [-0.05, 0) is 30.2 Å². The molecule has 0 unspecified atom stereocenters. The van der Waals surface area contributed by atoms with Crippen LogP contribution in [0.1, 0.15) is 19.4 Å². The van der Waals surface area contributed by atoms with Gasteiger partial charge in [0.15, 0.2) is 0 Å². The number of benzene rings is 2. The van der Waals surface area contributed by atoms with E-state index < -0.39 is 5.54 Å². The Morgan fingerprint density at radius 2 is 1.67 bits per heavy atom. The monoisotopic (exact) mass is 349 g/mol. The van der Waals surface area contributed by atoms with Crippen LogP contribution in [-0.2, 0) is 16.0 Å². The molecule has 0 aliphatic heterocycles. The normalized spacial score (nSPS) is 10.8. The van der Waals surface area contributed by atoms with E-state index in [1.165, 1.54) is 0 Å². The van der Waals surface area contributed by atoms with Gasteiger partial charge in [-0.2, -0.15) is 0 Å². The van der Waals surface area contributed by atoms with Gasteiger partial charge in [-0.1, -0.05) is 42.5 Å². The molecular weight excluding hydrogens is 326 g/mol. The average Bonchev–Trinajstić information content (AvgIpc) is 2.50. The molecule has 0 fully saturated rings. The van der Waals surface area contributed by atoms with Gasteiger partial charge in [0.05, 0.1) is 13.0 Å². The van der Waals surface area contributed by atoms with E-state index in [-0.39, 0.29) is 37.2 Å². The maximum Gasteiger partial charge on any atom is 0.239 e. The molecule has 0 saturated heterocycles. The maximum absolute atomic E-state index is 12.0. The molecule has 0 spiro atoms. The van der Waals surface area contributed by atoms with E-state index >= 15 is 0 Å². The first-order valence-corrected chi connectivity index (χ1v) is 7.64. The minimum absolute atomic E-state index is 0. The van der Waals surface area contributed by atoms with Crippen LogP contribution in [0.5, 0.6) is 0 Å². The molecule has 0 heterocycles. The first kappa shape index (κ1) is 19.9. The third kappa shape index (κ3) is 6.18. The Morgan fingerprint density at radius 1 is 1.00 bits per heavy atom. The number of carbonyl (C=O) groups is 2. The van der Waals surface area contributed by atoms with Crippen LogP contribution in [0.2, 0.25) is 0 Å². The maximum atomic E-state index is 12.0. The number of rotatable bonds is 6. The molecule has 130 valence electrons. The summed E-state index contributed by atoms with van der Waals surface area (Å²) in [5, 5.41) is 7.49. The lowest BCUT2D eigenvalue weighted by molar-refractivity contribution is -0.125. The average molecular weight is 350 g/mol. The Kier molecular flexibility index (Phi) is 7.19. The lowest BCUT2D eigenvalue weighted by Gasteiger charge is -2.18. The van der Waals surface area contributed by atoms with Gasteiger partial charge in [-0.3, -0.25) is 9.59 Å². The lowest BCUT2D eigenvalue weighted by Crippen LogP contribution is -2.47. The standard InChI is InChI=1S/C18H23N3O2.ClH/c1-18(2,19)12-21-17(23)11-20-16(22)10-14-8-5-7-13-6-3-4-9-15(13)14;/h3-9H,10-12,19H2,1-2H3,(H,20,22)(H,21,23);1H. The molecule has 24 heavy (non-hydrogen) atoms. The fraction of sp³-hybridized carbons (Fsp3) is 0.333. The fourth-order valence-electron chi connectivity index (χ4n) is 2.25. The third-order valence-electron chi connectivity index (χ3n) is 3.42. The molecule has 4 N–H and O–H groups in total. The van der Waals surface area contributed by atoms with Gasteiger partial charge in [-0.15, -0.1) is 12.4 Å². The number of hydrogen-bond donors (Lipinski definition) is 3. The number of amides is 2. The number of nitrogens with one attached hydrogen (secondary N) is 2. The Labute approximate surface area is 148 Å². The second-order valence-corrected chi connectivity index (χ2v) is 6.36. The number of nitrogens with two attached hydrogens (primary N) is 1. The van der Waals surface area contributed by atoms with Crippen molar-refractivity contribution in [3.05, 3.63) is 48.0 Å². The van der Waals surface area contributed by atoms with E-state index in [4.69, 9.17) is 5.73 Å². The molecule has 2 aromatic rings. The number of carbonyl (C=O) groups excluding carboxylic acids is 2. The molecule has 0 aromatic heterocycles. The Morgan fingerprint density at radius 3 is 2.38 bits per heavy atom. The Hall–Kier alpha value is -2.11. The summed E-state index contributed by atoms with van der Waals surface area (Å²) in [6.07, 6.45) is 0.247. The van der Waals surface area contributed by atoms with Crippen molar-refractivity contribution >= 4 is 35.0 Å². The summed E-state index contributed by atoms with van der Waals surface area (Å²) in [7, 11) is 0. The molecule has 0 radical (unpaired) electrons. The summed E-state index contributed by atoms with van der Waals surface area (Å²) in [6.45, 7) is 3.98. The van der Waals surface area contributed by atoms with Crippen LogP contribution in [0.4, 0.5) is 0 Å². The fourth-order valence-corrected chi connectivity index (χ4v) is 2.25. The van der Waals surface area contributed by atoms with Crippen LogP contribution < -0.4 is 16.4 Å². The minimum Gasteiger partial charge on any atom is -0.353 e. The molecule has 0 saturated carbocycles. The lowest BCUT2D eigenvalue weighted by atomic mass is 10.0. The molecule has 0 atom stereocenters. The van der Waals surface area contributed by atoms with Crippen molar-refractivity contribution in [2.75, 3.05) is 13.1 Å². The van der Waals surface area contributed by atoms with Crippen LogP contribution in [0.15, 0.2) is 42.5 Å². The molecular formula is C18H24ClN3O2. The second kappa shape index (κ2) is 8.66. The highest BCUT2D eigenvalue weighted by Crippen LogP contribution is 2.18. The third-order valence-corrected chi connectivity index (χ3v) is 3.42. The van der Waals surface area contributed by atoms with Crippen molar-refractivity contribution in [2.45, 2.75) is 25.8 Å². The SMILES string of the molecule is CC(C)(N)CNC(=O)CNC(=O)Cc1cccc2ccccc12.Cl. The zero-order valence-corrected chi connectivity index (χ0v) is 14.8. The predicted molar refractivity (Wildman–Crippen MR) is 99.2 cm³/mol. The van der Waals surface area contributed by atoms with Gasteiger partial charge in [-0.25, -0.2) is 0 Å². The summed E-state index contributed by atoms with van der Waals surface area (Å²) in [4.78, 5) is 23.7. The van der Waals surface area contributed by atoms with Gasteiger partial charge in [0, 0.05) is 12.1 Å². The summed E-state index contributed by atoms with van der Waals surface area (Å²) >= 11 is 0. The van der Waals surface area contributed by atoms with Crippen LogP contribution in [-0.4, -0.2) is 30.4 Å². The van der Waals surface area contributed by atoms with Gasteiger partial charge >= 0.3 is 0 Å². The summed E-state index contributed by atoms with van der Waals surface area (Å²) in [5.41, 5.74) is 6.27. The van der Waals surface area contributed by atoms with E-state index in [9.17, 15) is 9.59 Å². The van der Waals surface area contributed by atoms with Gasteiger partial charge < -0.3 is 16.4 Å². The van der Waals surface area contributed by atoms with Crippen LogP contribution in [0, 0.1) is 0 Å². The van der Waals surface area contributed by atoms with Crippen LogP contribution in [0.3, 0.4) is 0 Å². The molecule has 2 amide bonds. The highest BCUT2D eigenvalue weighted by molar-refractivity contribution is 5.91. The largest absolute Gasteiger partial charge is 0.353 e. The zero-order valence-electron chi connectivity index (χ0n) is 14.0. The summed E-state index contributed by atoms with van der Waals surface area (Å²) in [5.74, 6) is -0.418. The Bertz CT molecular complexity index is 705. The molecule has 6 heteroatoms. The van der Waals surface area contributed by atoms with Crippen molar-refractivity contribution in [1.82, 2.24) is 10.6 Å². The molecule has 0 aliphatic rings. The van der Waals surface area contributed by atoms with Crippen molar-refractivity contribution < 1.29 is 9.59 Å². The first-order chi connectivity index (χ1) is 10.8. The quantitative estimate of drug-likeness (QED) is 0.743. The van der Waals surface area contributed by atoms with Gasteiger partial charge in [0.2, 0.25) is 11.8 Å². The molecule has 2 rings (SSSR count). The van der Waals surface area contributed by atoms with Gasteiger partial charge in [0.1, 0.15) is 0 Å².